The lowest BCUT2D eigenvalue weighted by Crippen LogP contribution is -2.39. The molecule has 0 saturated carbocycles. The number of nitrogens with one attached hydrogen (secondary N) is 1. The van der Waals surface area contributed by atoms with E-state index in [4.69, 9.17) is 5.21 Å². The van der Waals surface area contributed by atoms with Crippen molar-refractivity contribution in [1.82, 2.24) is 10.4 Å². The number of amides is 2. The number of hydrogen-bond donors (Lipinski definition) is 2. The fourth-order valence-electron chi connectivity index (χ4n) is 3.74. The number of aryl methyl sites for hydroxylation is 1. The molecule has 5 heteroatoms. The second-order valence-electron chi connectivity index (χ2n) is 6.86. The van der Waals surface area contributed by atoms with Gasteiger partial charge in [0.05, 0.1) is 0 Å². The quantitative estimate of drug-likeness (QED) is 0.648. The number of fused-ring (bicyclic) bond motifs is 2. The van der Waals surface area contributed by atoms with E-state index in [1.54, 1.807) is 11.5 Å². The summed E-state index contributed by atoms with van der Waals surface area (Å²) in [5, 5.41) is 8.81. The van der Waals surface area contributed by atoms with Crippen LogP contribution in [0.15, 0.2) is 23.8 Å². The molecule has 0 saturated heterocycles. The second kappa shape index (κ2) is 6.77. The van der Waals surface area contributed by atoms with Crippen LogP contribution in [0.2, 0.25) is 0 Å². The van der Waals surface area contributed by atoms with E-state index in [-0.39, 0.29) is 11.9 Å². The van der Waals surface area contributed by atoms with Gasteiger partial charge < -0.3 is 4.90 Å². The molecule has 2 aliphatic rings. The summed E-state index contributed by atoms with van der Waals surface area (Å²) < 4.78 is 0. The zero-order chi connectivity index (χ0) is 17.3. The van der Waals surface area contributed by atoms with Gasteiger partial charge in [-0.15, -0.1) is 0 Å². The summed E-state index contributed by atoms with van der Waals surface area (Å²) >= 11 is 0. The third-order valence-electron chi connectivity index (χ3n) is 5.04. The number of carbonyl (C=O) groups is 2. The van der Waals surface area contributed by atoms with E-state index in [1.807, 2.05) is 17.0 Å². The highest BCUT2D eigenvalue weighted by Crippen LogP contribution is 2.37. The highest BCUT2D eigenvalue weighted by molar-refractivity contribution is 5.94. The van der Waals surface area contributed by atoms with Crippen LogP contribution < -0.4 is 5.48 Å². The van der Waals surface area contributed by atoms with Crippen molar-refractivity contribution in [3.63, 3.8) is 0 Å². The van der Waals surface area contributed by atoms with Crippen molar-refractivity contribution < 1.29 is 14.8 Å². The minimum absolute atomic E-state index is 0.210. The van der Waals surface area contributed by atoms with E-state index in [0.29, 0.717) is 18.5 Å². The van der Waals surface area contributed by atoms with E-state index >= 15 is 0 Å². The molecule has 0 spiro atoms. The summed E-state index contributed by atoms with van der Waals surface area (Å²) in [6.07, 6.45) is 4.14. The minimum atomic E-state index is -0.480. The van der Waals surface area contributed by atoms with Gasteiger partial charge in [0.1, 0.15) is 0 Å². The van der Waals surface area contributed by atoms with E-state index in [9.17, 15) is 9.59 Å². The molecule has 2 N–H and O–H groups in total. The normalized spacial score (nSPS) is 18.0. The molecule has 5 nitrogen and oxygen atoms in total. The number of benzene rings is 1. The first-order valence-electron chi connectivity index (χ1n) is 8.59. The molecule has 2 amide bonds. The van der Waals surface area contributed by atoms with Gasteiger partial charge in [-0.2, -0.15) is 0 Å². The number of carbonyl (C=O) groups excluding carboxylic acids is 2. The largest absolute Gasteiger partial charge is 0.336 e. The maximum Gasteiger partial charge on any atom is 0.274 e. The van der Waals surface area contributed by atoms with Crippen LogP contribution in [0.3, 0.4) is 0 Å². The van der Waals surface area contributed by atoms with Crippen molar-refractivity contribution in [2.24, 2.45) is 0 Å². The SMILES string of the molecule is CC(C)N1CC2=C(CCCC1=O)c1ccc(C(=O)NO)cc1CC2. The predicted octanol–water partition coefficient (Wildman–Crippen LogP) is 2.93. The van der Waals surface area contributed by atoms with Crippen molar-refractivity contribution in [2.75, 3.05) is 6.54 Å². The van der Waals surface area contributed by atoms with Gasteiger partial charge in [-0.05, 0) is 73.9 Å². The third-order valence-corrected chi connectivity index (χ3v) is 5.04. The number of allylic oxidation sites excluding steroid dienone is 1. The summed E-state index contributed by atoms with van der Waals surface area (Å²) in [6.45, 7) is 4.84. The van der Waals surface area contributed by atoms with Crippen LogP contribution in [0.25, 0.3) is 5.57 Å². The van der Waals surface area contributed by atoms with Gasteiger partial charge in [-0.1, -0.05) is 6.07 Å². The summed E-state index contributed by atoms with van der Waals surface area (Å²) in [5.41, 5.74) is 7.21. The van der Waals surface area contributed by atoms with Gasteiger partial charge >= 0.3 is 0 Å². The monoisotopic (exact) mass is 328 g/mol. The Balaban J connectivity index is 1.98. The van der Waals surface area contributed by atoms with E-state index < -0.39 is 5.91 Å². The lowest BCUT2D eigenvalue weighted by atomic mass is 9.81. The molecule has 0 atom stereocenters. The Morgan fingerprint density at radius 2 is 2.00 bits per heavy atom. The fraction of sp³-hybridized carbons (Fsp3) is 0.474. The molecule has 24 heavy (non-hydrogen) atoms. The molecule has 3 rings (SSSR count). The Labute approximate surface area is 142 Å². The highest BCUT2D eigenvalue weighted by Gasteiger charge is 2.26. The number of hydrogen-bond acceptors (Lipinski definition) is 3. The van der Waals surface area contributed by atoms with Gasteiger partial charge in [-0.3, -0.25) is 14.8 Å². The van der Waals surface area contributed by atoms with E-state index in [0.717, 1.165) is 31.2 Å². The van der Waals surface area contributed by atoms with Crippen molar-refractivity contribution >= 4 is 17.4 Å². The lowest BCUT2D eigenvalue weighted by Gasteiger charge is -2.34. The zero-order valence-corrected chi connectivity index (χ0v) is 14.3. The summed E-state index contributed by atoms with van der Waals surface area (Å²) in [5.74, 6) is -0.232. The molecule has 1 aromatic carbocycles. The van der Waals surface area contributed by atoms with E-state index in [2.05, 4.69) is 13.8 Å². The average Bonchev–Trinajstić information content (AvgIpc) is 2.56. The molecule has 0 radical (unpaired) electrons. The Bertz CT molecular complexity index is 707. The first-order valence-corrected chi connectivity index (χ1v) is 8.59. The molecule has 1 heterocycles. The molecule has 0 fully saturated rings. The van der Waals surface area contributed by atoms with Crippen molar-refractivity contribution in [1.29, 1.82) is 0 Å². The molecule has 0 unspecified atom stereocenters. The Hall–Kier alpha value is -2.14. The zero-order valence-electron chi connectivity index (χ0n) is 14.3. The summed E-state index contributed by atoms with van der Waals surface area (Å²) in [4.78, 5) is 25.9. The van der Waals surface area contributed by atoms with Crippen LogP contribution in [-0.2, 0) is 11.2 Å². The lowest BCUT2D eigenvalue weighted by molar-refractivity contribution is -0.132. The summed E-state index contributed by atoms with van der Waals surface area (Å²) in [6, 6.07) is 5.82. The molecular formula is C19H24N2O3. The van der Waals surface area contributed by atoms with Crippen molar-refractivity contribution in [3.05, 3.63) is 40.5 Å². The molecular weight excluding hydrogens is 304 g/mol. The molecule has 1 aliphatic carbocycles. The van der Waals surface area contributed by atoms with Crippen molar-refractivity contribution in [3.8, 4) is 0 Å². The average molecular weight is 328 g/mol. The highest BCUT2D eigenvalue weighted by atomic mass is 16.5. The fourth-order valence-corrected chi connectivity index (χ4v) is 3.74. The van der Waals surface area contributed by atoms with Crippen molar-refractivity contribution in [2.45, 2.75) is 52.0 Å². The van der Waals surface area contributed by atoms with Gasteiger partial charge in [0, 0.05) is 24.6 Å². The topological polar surface area (TPSA) is 69.6 Å². The second-order valence-corrected chi connectivity index (χ2v) is 6.86. The summed E-state index contributed by atoms with van der Waals surface area (Å²) in [7, 11) is 0. The van der Waals surface area contributed by atoms with Crippen LogP contribution >= 0.6 is 0 Å². The van der Waals surface area contributed by atoms with Gasteiger partial charge in [-0.25, -0.2) is 5.48 Å². The minimum Gasteiger partial charge on any atom is -0.336 e. The van der Waals surface area contributed by atoms with Crippen LogP contribution in [-0.4, -0.2) is 34.5 Å². The van der Waals surface area contributed by atoms with Gasteiger partial charge in [0.2, 0.25) is 5.91 Å². The molecule has 0 bridgehead atoms. The number of rotatable bonds is 2. The maximum atomic E-state index is 12.3. The molecule has 128 valence electrons. The van der Waals surface area contributed by atoms with Crippen LogP contribution in [0.5, 0.6) is 0 Å². The van der Waals surface area contributed by atoms with Crippen LogP contribution in [0, 0.1) is 0 Å². The Kier molecular flexibility index (Phi) is 4.71. The van der Waals surface area contributed by atoms with E-state index in [1.165, 1.54) is 16.7 Å². The smallest absolute Gasteiger partial charge is 0.274 e. The number of hydroxylamine groups is 1. The molecule has 0 aromatic heterocycles. The molecule has 1 aromatic rings. The first-order chi connectivity index (χ1) is 11.5. The van der Waals surface area contributed by atoms with Gasteiger partial charge in [0.15, 0.2) is 0 Å². The van der Waals surface area contributed by atoms with Gasteiger partial charge in [0.25, 0.3) is 5.91 Å². The molecule has 1 aliphatic heterocycles. The third kappa shape index (κ3) is 3.08. The van der Waals surface area contributed by atoms with Crippen LogP contribution in [0.4, 0.5) is 0 Å². The Morgan fingerprint density at radius 3 is 2.71 bits per heavy atom. The number of nitrogens with zero attached hydrogens (tertiary/aromatic N) is 1. The maximum absolute atomic E-state index is 12.3. The predicted molar refractivity (Wildman–Crippen MR) is 91.6 cm³/mol. The standard InChI is InChI=1S/C19H24N2O3/c1-12(2)21-11-15-7-6-13-10-14(19(23)20-24)8-9-17(13)16(15)4-3-5-18(21)22/h8-10,12,24H,3-7,11H2,1-2H3,(H,20,23). The Morgan fingerprint density at radius 1 is 1.21 bits per heavy atom. The van der Waals surface area contributed by atoms with Crippen LogP contribution in [0.1, 0.15) is 61.0 Å². The first kappa shape index (κ1) is 16.7.